The summed E-state index contributed by atoms with van der Waals surface area (Å²) in [5.74, 6) is -0.512. The second-order valence-corrected chi connectivity index (χ2v) is 7.27. The minimum atomic E-state index is -3.02. The Hall–Kier alpha value is -1.37. The second kappa shape index (κ2) is 5.32. The van der Waals surface area contributed by atoms with Crippen molar-refractivity contribution in [3.05, 3.63) is 12.7 Å². The largest absolute Gasteiger partial charge is 0.352 e. The summed E-state index contributed by atoms with van der Waals surface area (Å²) >= 11 is 0. The first kappa shape index (κ1) is 14.0. The lowest BCUT2D eigenvalue weighted by Gasteiger charge is -2.22. The summed E-state index contributed by atoms with van der Waals surface area (Å²) in [6, 6.07) is -0.255. The van der Waals surface area contributed by atoms with Crippen LogP contribution in [0.25, 0.3) is 0 Å². The van der Waals surface area contributed by atoms with Gasteiger partial charge in [0.25, 0.3) is 0 Å². The highest BCUT2D eigenvalue weighted by atomic mass is 32.2. The van der Waals surface area contributed by atoms with Crippen LogP contribution in [-0.2, 0) is 19.4 Å². The van der Waals surface area contributed by atoms with Gasteiger partial charge in [-0.2, -0.15) is 0 Å². The number of carbonyl (C=O) groups is 2. The van der Waals surface area contributed by atoms with Crippen LogP contribution < -0.4 is 5.32 Å². The fourth-order valence-corrected chi connectivity index (χ4v) is 4.33. The molecular formula is C12H18N2O4S. The third-order valence-corrected chi connectivity index (χ3v) is 5.35. The number of likely N-dealkylation sites (tertiary alicyclic amines) is 1. The van der Waals surface area contributed by atoms with Gasteiger partial charge in [-0.25, -0.2) is 8.42 Å². The Kier molecular flexibility index (Phi) is 3.93. The van der Waals surface area contributed by atoms with E-state index in [-0.39, 0.29) is 41.7 Å². The number of rotatable bonds is 4. The number of sulfone groups is 1. The predicted molar refractivity (Wildman–Crippen MR) is 70.1 cm³/mol. The zero-order valence-corrected chi connectivity index (χ0v) is 11.5. The minimum Gasteiger partial charge on any atom is -0.352 e. The normalized spacial score (nSPS) is 29.5. The van der Waals surface area contributed by atoms with E-state index in [1.54, 1.807) is 11.0 Å². The zero-order chi connectivity index (χ0) is 14.0. The van der Waals surface area contributed by atoms with Crippen LogP contribution in [0.4, 0.5) is 0 Å². The summed E-state index contributed by atoms with van der Waals surface area (Å²) in [5, 5.41) is 2.67. The quantitative estimate of drug-likeness (QED) is 0.694. The minimum absolute atomic E-state index is 0.0275. The Morgan fingerprint density at radius 3 is 2.84 bits per heavy atom. The molecule has 7 heteroatoms. The van der Waals surface area contributed by atoms with Crippen LogP contribution >= 0.6 is 0 Å². The lowest BCUT2D eigenvalue weighted by atomic mass is 10.1. The van der Waals surface area contributed by atoms with Crippen molar-refractivity contribution in [1.29, 1.82) is 0 Å². The zero-order valence-electron chi connectivity index (χ0n) is 10.7. The van der Waals surface area contributed by atoms with Crippen LogP contribution in [0.1, 0.15) is 12.8 Å². The molecule has 2 rings (SSSR count). The van der Waals surface area contributed by atoms with Gasteiger partial charge in [-0.15, -0.1) is 6.58 Å². The molecule has 6 nitrogen and oxygen atoms in total. The predicted octanol–water partition coefficient (Wildman–Crippen LogP) is -0.676. The maximum absolute atomic E-state index is 11.9. The molecule has 2 amide bonds. The highest BCUT2D eigenvalue weighted by Gasteiger charge is 2.41. The molecule has 2 aliphatic rings. The van der Waals surface area contributed by atoms with Crippen LogP contribution in [0.15, 0.2) is 12.7 Å². The number of nitrogens with zero attached hydrogens (tertiary/aromatic N) is 1. The highest BCUT2D eigenvalue weighted by molar-refractivity contribution is 7.91. The van der Waals surface area contributed by atoms with Crippen molar-refractivity contribution in [2.45, 2.75) is 18.9 Å². The van der Waals surface area contributed by atoms with Gasteiger partial charge in [0.05, 0.1) is 17.4 Å². The molecule has 0 aromatic heterocycles. The van der Waals surface area contributed by atoms with E-state index in [1.165, 1.54) is 0 Å². The molecular weight excluding hydrogens is 268 g/mol. The van der Waals surface area contributed by atoms with Gasteiger partial charge < -0.3 is 10.2 Å². The SMILES string of the molecule is C=CCNC(=O)C1CC(=O)N(C2CCS(=O)(=O)C2)C1. The molecule has 2 heterocycles. The summed E-state index contributed by atoms with van der Waals surface area (Å²) in [5.41, 5.74) is 0. The molecule has 0 saturated carbocycles. The van der Waals surface area contributed by atoms with E-state index in [9.17, 15) is 18.0 Å². The number of nitrogens with one attached hydrogen (secondary N) is 1. The van der Waals surface area contributed by atoms with Crippen molar-refractivity contribution >= 4 is 21.7 Å². The lowest BCUT2D eigenvalue weighted by molar-refractivity contribution is -0.130. The van der Waals surface area contributed by atoms with Crippen LogP contribution in [-0.4, -0.2) is 55.8 Å². The molecule has 0 bridgehead atoms. The Labute approximate surface area is 112 Å². The van der Waals surface area contributed by atoms with E-state index in [2.05, 4.69) is 11.9 Å². The fraction of sp³-hybridized carbons (Fsp3) is 0.667. The van der Waals surface area contributed by atoms with Crippen molar-refractivity contribution in [2.24, 2.45) is 5.92 Å². The van der Waals surface area contributed by atoms with E-state index >= 15 is 0 Å². The smallest absolute Gasteiger partial charge is 0.225 e. The molecule has 2 atom stereocenters. The highest BCUT2D eigenvalue weighted by Crippen LogP contribution is 2.26. The summed E-state index contributed by atoms with van der Waals surface area (Å²) < 4.78 is 22.9. The molecule has 0 aliphatic carbocycles. The van der Waals surface area contributed by atoms with Crippen LogP contribution in [0.5, 0.6) is 0 Å². The number of hydrogen-bond acceptors (Lipinski definition) is 4. The average molecular weight is 286 g/mol. The van der Waals surface area contributed by atoms with Crippen molar-refractivity contribution in [2.75, 3.05) is 24.6 Å². The molecule has 19 heavy (non-hydrogen) atoms. The van der Waals surface area contributed by atoms with Gasteiger partial charge in [0.2, 0.25) is 11.8 Å². The van der Waals surface area contributed by atoms with Gasteiger partial charge in [-0.1, -0.05) is 6.08 Å². The van der Waals surface area contributed by atoms with E-state index in [1.807, 2.05) is 0 Å². The van der Waals surface area contributed by atoms with Crippen molar-refractivity contribution in [3.63, 3.8) is 0 Å². The maximum atomic E-state index is 11.9. The third-order valence-electron chi connectivity index (χ3n) is 3.60. The maximum Gasteiger partial charge on any atom is 0.225 e. The van der Waals surface area contributed by atoms with Gasteiger partial charge in [-0.05, 0) is 6.42 Å². The summed E-state index contributed by atoms with van der Waals surface area (Å²) in [7, 11) is -3.02. The van der Waals surface area contributed by atoms with Gasteiger partial charge in [0, 0.05) is 25.6 Å². The molecule has 2 saturated heterocycles. The standard InChI is InChI=1S/C12H18N2O4S/c1-2-4-13-12(16)9-6-11(15)14(7-9)10-3-5-19(17,18)8-10/h2,9-10H,1,3-8H2,(H,13,16). The van der Waals surface area contributed by atoms with E-state index in [4.69, 9.17) is 0 Å². The number of hydrogen-bond donors (Lipinski definition) is 1. The van der Waals surface area contributed by atoms with Gasteiger partial charge in [-0.3, -0.25) is 9.59 Å². The van der Waals surface area contributed by atoms with Gasteiger partial charge >= 0.3 is 0 Å². The van der Waals surface area contributed by atoms with Gasteiger partial charge in [0.1, 0.15) is 0 Å². The Morgan fingerprint density at radius 2 is 2.26 bits per heavy atom. The summed E-state index contributed by atoms with van der Waals surface area (Å²) in [4.78, 5) is 25.2. The summed E-state index contributed by atoms with van der Waals surface area (Å²) in [6.45, 7) is 4.21. The average Bonchev–Trinajstić information content (AvgIpc) is 2.89. The first-order valence-electron chi connectivity index (χ1n) is 6.31. The number of amides is 2. The van der Waals surface area contributed by atoms with E-state index in [0.29, 0.717) is 19.5 Å². The second-order valence-electron chi connectivity index (χ2n) is 5.04. The first-order chi connectivity index (χ1) is 8.93. The molecule has 0 aromatic carbocycles. The molecule has 1 N–H and O–H groups in total. The van der Waals surface area contributed by atoms with E-state index < -0.39 is 9.84 Å². The molecule has 106 valence electrons. The van der Waals surface area contributed by atoms with Crippen LogP contribution in [0.2, 0.25) is 0 Å². The van der Waals surface area contributed by atoms with E-state index in [0.717, 1.165) is 0 Å². The van der Waals surface area contributed by atoms with Crippen molar-refractivity contribution in [3.8, 4) is 0 Å². The Balaban J connectivity index is 1.96. The molecule has 2 unspecified atom stereocenters. The fourth-order valence-electron chi connectivity index (χ4n) is 2.60. The monoisotopic (exact) mass is 286 g/mol. The lowest BCUT2D eigenvalue weighted by Crippen LogP contribution is -2.39. The topological polar surface area (TPSA) is 83.6 Å². The number of carbonyl (C=O) groups excluding carboxylic acids is 2. The Morgan fingerprint density at radius 1 is 1.53 bits per heavy atom. The molecule has 2 aliphatic heterocycles. The molecule has 0 radical (unpaired) electrons. The van der Waals surface area contributed by atoms with Crippen molar-refractivity contribution < 1.29 is 18.0 Å². The van der Waals surface area contributed by atoms with Crippen LogP contribution in [0.3, 0.4) is 0 Å². The molecule has 0 aromatic rings. The third kappa shape index (κ3) is 3.15. The molecule has 0 spiro atoms. The van der Waals surface area contributed by atoms with Gasteiger partial charge in [0.15, 0.2) is 9.84 Å². The first-order valence-corrected chi connectivity index (χ1v) is 8.13. The van der Waals surface area contributed by atoms with Crippen molar-refractivity contribution in [1.82, 2.24) is 10.2 Å². The summed E-state index contributed by atoms with van der Waals surface area (Å²) in [6.07, 6.45) is 2.23. The van der Waals surface area contributed by atoms with Crippen LogP contribution in [0, 0.1) is 5.92 Å². The Bertz CT molecular complexity index is 500. The molecule has 2 fully saturated rings.